The molecule has 0 atom stereocenters. The van der Waals surface area contributed by atoms with Crippen LogP contribution in [0.4, 0.5) is 5.69 Å². The summed E-state index contributed by atoms with van der Waals surface area (Å²) in [6, 6.07) is 20.2. The quantitative estimate of drug-likeness (QED) is 0.496. The number of aromatic nitrogens is 3. The zero-order chi connectivity index (χ0) is 21.7. The molecule has 0 unspecified atom stereocenters. The van der Waals surface area contributed by atoms with Crippen LogP contribution in [0.2, 0.25) is 0 Å². The largest absolute Gasteiger partial charge is 0.497 e. The SMILES string of the molecule is COc1ccc(-c2ccc3c(c2)C2(CCCC2)CN3C(=O)c2ccc3n[nH]nc3c2)cc1. The Morgan fingerprint density at radius 2 is 1.69 bits per heavy atom. The molecule has 2 heterocycles. The summed E-state index contributed by atoms with van der Waals surface area (Å²) in [5, 5.41) is 10.9. The molecular weight excluding hydrogens is 400 g/mol. The smallest absolute Gasteiger partial charge is 0.258 e. The van der Waals surface area contributed by atoms with Gasteiger partial charge in [0.05, 0.1) is 7.11 Å². The van der Waals surface area contributed by atoms with Gasteiger partial charge in [-0.2, -0.15) is 15.4 Å². The van der Waals surface area contributed by atoms with E-state index in [4.69, 9.17) is 4.74 Å². The third-order valence-corrected chi connectivity index (χ3v) is 7.11. The van der Waals surface area contributed by atoms with Crippen LogP contribution in [0.25, 0.3) is 22.2 Å². The van der Waals surface area contributed by atoms with Gasteiger partial charge in [0.2, 0.25) is 0 Å². The highest BCUT2D eigenvalue weighted by molar-refractivity contribution is 6.09. The Kier molecular flexibility index (Phi) is 4.28. The van der Waals surface area contributed by atoms with Crippen molar-refractivity contribution in [3.63, 3.8) is 0 Å². The van der Waals surface area contributed by atoms with Crippen molar-refractivity contribution in [2.24, 2.45) is 0 Å². The molecule has 0 saturated heterocycles. The number of nitrogens with zero attached hydrogens (tertiary/aromatic N) is 3. The summed E-state index contributed by atoms with van der Waals surface area (Å²) in [7, 11) is 1.68. The van der Waals surface area contributed by atoms with Gasteiger partial charge in [0.25, 0.3) is 5.91 Å². The lowest BCUT2D eigenvalue weighted by molar-refractivity contribution is 0.0985. The van der Waals surface area contributed by atoms with Crippen molar-refractivity contribution in [3.8, 4) is 16.9 Å². The summed E-state index contributed by atoms with van der Waals surface area (Å²) in [5.74, 6) is 0.875. The second-order valence-corrected chi connectivity index (χ2v) is 8.87. The summed E-state index contributed by atoms with van der Waals surface area (Å²) in [6.07, 6.45) is 4.66. The van der Waals surface area contributed by atoms with E-state index in [2.05, 4.69) is 45.7 Å². The van der Waals surface area contributed by atoms with E-state index < -0.39 is 0 Å². The highest BCUT2D eigenvalue weighted by atomic mass is 16.5. The number of fused-ring (bicyclic) bond motifs is 3. The molecule has 1 aromatic heterocycles. The van der Waals surface area contributed by atoms with E-state index >= 15 is 0 Å². The molecule has 1 spiro atoms. The van der Waals surface area contributed by atoms with E-state index in [9.17, 15) is 4.79 Å². The Labute approximate surface area is 186 Å². The van der Waals surface area contributed by atoms with Crippen molar-refractivity contribution in [3.05, 3.63) is 71.8 Å². The predicted octanol–water partition coefficient (Wildman–Crippen LogP) is 5.11. The van der Waals surface area contributed by atoms with Crippen LogP contribution in [0.3, 0.4) is 0 Å². The van der Waals surface area contributed by atoms with E-state index in [0.29, 0.717) is 11.1 Å². The molecular formula is C26H24N4O2. The van der Waals surface area contributed by atoms with E-state index in [1.165, 1.54) is 24.0 Å². The molecule has 32 heavy (non-hydrogen) atoms. The lowest BCUT2D eigenvalue weighted by atomic mass is 9.80. The number of aromatic amines is 1. The third-order valence-electron chi connectivity index (χ3n) is 7.11. The van der Waals surface area contributed by atoms with Crippen molar-refractivity contribution < 1.29 is 9.53 Å². The fourth-order valence-electron chi connectivity index (χ4n) is 5.42. The van der Waals surface area contributed by atoms with Crippen LogP contribution < -0.4 is 9.64 Å². The van der Waals surface area contributed by atoms with Crippen LogP contribution in [0.5, 0.6) is 5.75 Å². The minimum absolute atomic E-state index is 0.0251. The molecule has 3 aromatic carbocycles. The van der Waals surface area contributed by atoms with Gasteiger partial charge in [-0.3, -0.25) is 4.79 Å². The number of hydrogen-bond acceptors (Lipinski definition) is 4. The second kappa shape index (κ2) is 7.19. The first-order valence-electron chi connectivity index (χ1n) is 11.1. The number of amides is 1. The topological polar surface area (TPSA) is 71.1 Å². The average molecular weight is 425 g/mol. The molecule has 1 N–H and O–H groups in total. The molecule has 0 radical (unpaired) electrons. The predicted molar refractivity (Wildman–Crippen MR) is 124 cm³/mol. The summed E-state index contributed by atoms with van der Waals surface area (Å²) < 4.78 is 5.30. The summed E-state index contributed by atoms with van der Waals surface area (Å²) in [5.41, 5.74) is 6.84. The fraction of sp³-hybridized carbons (Fsp3) is 0.269. The first-order chi connectivity index (χ1) is 15.7. The van der Waals surface area contributed by atoms with Gasteiger partial charge in [0.1, 0.15) is 16.8 Å². The van der Waals surface area contributed by atoms with E-state index in [-0.39, 0.29) is 11.3 Å². The first-order valence-corrected chi connectivity index (χ1v) is 11.1. The lowest BCUT2D eigenvalue weighted by Crippen LogP contribution is -2.35. The minimum Gasteiger partial charge on any atom is -0.497 e. The van der Waals surface area contributed by atoms with Crippen LogP contribution >= 0.6 is 0 Å². The highest BCUT2D eigenvalue weighted by Crippen LogP contribution is 2.51. The molecule has 0 bridgehead atoms. The Morgan fingerprint density at radius 3 is 2.47 bits per heavy atom. The monoisotopic (exact) mass is 424 g/mol. The number of carbonyl (C=O) groups is 1. The number of rotatable bonds is 3. The second-order valence-electron chi connectivity index (χ2n) is 8.87. The van der Waals surface area contributed by atoms with Gasteiger partial charge >= 0.3 is 0 Å². The van der Waals surface area contributed by atoms with Crippen molar-refractivity contribution in [2.45, 2.75) is 31.1 Å². The minimum atomic E-state index is 0.0251. The number of benzene rings is 3. The zero-order valence-electron chi connectivity index (χ0n) is 18.0. The Bertz CT molecular complexity index is 1320. The van der Waals surface area contributed by atoms with Crippen molar-refractivity contribution >= 4 is 22.6 Å². The van der Waals surface area contributed by atoms with Gasteiger partial charge in [0.15, 0.2) is 0 Å². The lowest BCUT2D eigenvalue weighted by Gasteiger charge is -2.25. The first kappa shape index (κ1) is 19.0. The summed E-state index contributed by atoms with van der Waals surface area (Å²) in [4.78, 5) is 15.6. The number of nitrogens with one attached hydrogen (secondary N) is 1. The molecule has 1 aliphatic carbocycles. The maximum atomic E-state index is 13.6. The number of hydrogen-bond donors (Lipinski definition) is 1. The van der Waals surface area contributed by atoms with Gasteiger partial charge in [-0.25, -0.2) is 0 Å². The van der Waals surface area contributed by atoms with Gasteiger partial charge in [-0.15, -0.1) is 0 Å². The van der Waals surface area contributed by atoms with E-state index in [1.807, 2.05) is 35.2 Å². The maximum Gasteiger partial charge on any atom is 0.258 e. The average Bonchev–Trinajstić information content (AvgIpc) is 3.58. The molecule has 4 aromatic rings. The van der Waals surface area contributed by atoms with E-state index in [0.717, 1.165) is 41.9 Å². The normalized spacial score (nSPS) is 16.6. The van der Waals surface area contributed by atoms with E-state index in [1.54, 1.807) is 7.11 Å². The van der Waals surface area contributed by atoms with Crippen LogP contribution in [0, 0.1) is 0 Å². The number of H-pyrrole nitrogens is 1. The summed E-state index contributed by atoms with van der Waals surface area (Å²) >= 11 is 0. The Hall–Kier alpha value is -3.67. The Morgan fingerprint density at radius 1 is 0.938 bits per heavy atom. The van der Waals surface area contributed by atoms with Gasteiger partial charge < -0.3 is 9.64 Å². The van der Waals surface area contributed by atoms with Gasteiger partial charge in [-0.05, 0) is 72.0 Å². The molecule has 6 heteroatoms. The fourth-order valence-corrected chi connectivity index (χ4v) is 5.42. The molecule has 1 fully saturated rings. The molecule has 1 aliphatic heterocycles. The Balaban J connectivity index is 1.41. The molecule has 1 saturated carbocycles. The van der Waals surface area contributed by atoms with Crippen molar-refractivity contribution in [1.82, 2.24) is 15.4 Å². The summed E-state index contributed by atoms with van der Waals surface area (Å²) in [6.45, 7) is 0.740. The van der Waals surface area contributed by atoms with Crippen LogP contribution in [-0.2, 0) is 5.41 Å². The van der Waals surface area contributed by atoms with Crippen molar-refractivity contribution in [1.29, 1.82) is 0 Å². The van der Waals surface area contributed by atoms with Gasteiger partial charge in [0, 0.05) is 23.2 Å². The maximum absolute atomic E-state index is 13.6. The van der Waals surface area contributed by atoms with Crippen LogP contribution in [0.1, 0.15) is 41.6 Å². The number of anilines is 1. The van der Waals surface area contributed by atoms with Gasteiger partial charge in [-0.1, -0.05) is 31.0 Å². The van der Waals surface area contributed by atoms with Crippen LogP contribution in [0.15, 0.2) is 60.7 Å². The number of methoxy groups -OCH3 is 1. The van der Waals surface area contributed by atoms with Crippen LogP contribution in [-0.4, -0.2) is 35.0 Å². The standard InChI is InChI=1S/C26H24N4O2/c1-32-20-8-4-17(5-9-20)18-7-11-24-21(14-18)26(12-2-3-13-26)16-30(24)25(31)19-6-10-22-23(15-19)28-29-27-22/h4-11,14-15H,2-3,12-13,16H2,1H3,(H,27,28,29). The number of ether oxygens (including phenoxy) is 1. The number of carbonyl (C=O) groups excluding carboxylic acids is 1. The van der Waals surface area contributed by atoms with Crippen molar-refractivity contribution in [2.75, 3.05) is 18.6 Å². The zero-order valence-corrected chi connectivity index (χ0v) is 18.0. The molecule has 160 valence electrons. The molecule has 2 aliphatic rings. The molecule has 6 rings (SSSR count). The molecule has 1 amide bonds. The highest BCUT2D eigenvalue weighted by Gasteiger charge is 2.46. The third kappa shape index (κ3) is 2.90. The molecule has 6 nitrogen and oxygen atoms in total.